The van der Waals surface area contributed by atoms with Gasteiger partial charge in [0.05, 0.1) is 10.2 Å². The average Bonchev–Trinajstić information content (AvgIpc) is 2.27. The lowest BCUT2D eigenvalue weighted by Gasteiger charge is -2.07. The Balaban J connectivity index is 2.28. The van der Waals surface area contributed by atoms with Gasteiger partial charge in [-0.25, -0.2) is 4.98 Å². The first-order valence-corrected chi connectivity index (χ1v) is 6.31. The minimum absolute atomic E-state index is 0.590. The lowest BCUT2D eigenvalue weighted by Crippen LogP contribution is -1.91. The molecule has 0 spiro atoms. The molecule has 0 unspecified atom stereocenters. The fourth-order valence-corrected chi connectivity index (χ4v) is 1.80. The molecule has 1 aromatic carbocycles. The van der Waals surface area contributed by atoms with Gasteiger partial charge in [-0.1, -0.05) is 12.1 Å². The number of aromatic nitrogens is 1. The first-order valence-electron chi connectivity index (χ1n) is 4.72. The second-order valence-corrected chi connectivity index (χ2v) is 4.96. The summed E-state index contributed by atoms with van der Waals surface area (Å²) < 4.78 is 7.56. The van der Waals surface area contributed by atoms with E-state index in [1.54, 1.807) is 0 Å². The van der Waals surface area contributed by atoms with Crippen molar-refractivity contribution in [2.75, 3.05) is 0 Å². The number of halogens is 2. The smallest absolute Gasteiger partial charge is 0.219 e. The van der Waals surface area contributed by atoms with Crippen molar-refractivity contribution in [1.82, 2.24) is 4.98 Å². The third-order valence-corrected chi connectivity index (χ3v) is 3.54. The number of rotatable bonds is 2. The number of ether oxygens (including phenoxy) is 1. The van der Waals surface area contributed by atoms with Gasteiger partial charge in [0.15, 0.2) is 0 Å². The summed E-state index contributed by atoms with van der Waals surface area (Å²) in [6.45, 7) is 1.93. The summed E-state index contributed by atoms with van der Waals surface area (Å²) in [7, 11) is 0. The Kier molecular flexibility index (Phi) is 3.61. The Morgan fingerprint density at radius 1 is 1.00 bits per heavy atom. The molecule has 4 heteroatoms. The molecule has 1 aromatic heterocycles. The highest BCUT2D eigenvalue weighted by atomic mass is 79.9. The van der Waals surface area contributed by atoms with Crippen LogP contribution < -0.4 is 4.74 Å². The van der Waals surface area contributed by atoms with E-state index in [0.29, 0.717) is 5.88 Å². The van der Waals surface area contributed by atoms with Crippen LogP contribution in [-0.2, 0) is 0 Å². The van der Waals surface area contributed by atoms with Gasteiger partial charge in [-0.2, -0.15) is 0 Å². The number of benzene rings is 1. The molecule has 0 bridgehead atoms. The molecule has 0 N–H and O–H groups in total. The predicted molar refractivity (Wildman–Crippen MR) is 70.9 cm³/mol. The zero-order valence-electron chi connectivity index (χ0n) is 8.58. The highest BCUT2D eigenvalue weighted by Gasteiger charge is 2.04. The molecule has 0 saturated heterocycles. The third-order valence-electron chi connectivity index (χ3n) is 2.05. The zero-order chi connectivity index (χ0) is 11.5. The highest BCUT2D eigenvalue weighted by Crippen LogP contribution is 2.29. The van der Waals surface area contributed by atoms with Gasteiger partial charge in [0.2, 0.25) is 5.88 Å². The van der Waals surface area contributed by atoms with E-state index < -0.39 is 0 Å². The van der Waals surface area contributed by atoms with Gasteiger partial charge in [0.1, 0.15) is 5.75 Å². The Hall–Kier alpha value is -0.870. The van der Waals surface area contributed by atoms with Crippen LogP contribution in [0.4, 0.5) is 0 Å². The minimum Gasteiger partial charge on any atom is -0.438 e. The molecule has 1 heterocycles. The van der Waals surface area contributed by atoms with Crippen molar-refractivity contribution in [3.8, 4) is 11.6 Å². The Morgan fingerprint density at radius 2 is 1.75 bits per heavy atom. The summed E-state index contributed by atoms with van der Waals surface area (Å²) in [5.74, 6) is 1.35. The summed E-state index contributed by atoms with van der Waals surface area (Å²) in [5, 5.41) is 0. The van der Waals surface area contributed by atoms with E-state index in [4.69, 9.17) is 4.74 Å². The van der Waals surface area contributed by atoms with Crippen molar-refractivity contribution in [1.29, 1.82) is 0 Å². The molecule has 16 heavy (non-hydrogen) atoms. The van der Waals surface area contributed by atoms with Gasteiger partial charge in [-0.15, -0.1) is 0 Å². The fourth-order valence-electron chi connectivity index (χ4n) is 1.22. The molecule has 0 atom stereocenters. The molecule has 0 fully saturated rings. The SMILES string of the molecule is Cc1nc(Oc2ccccc2Br)ccc1Br. The summed E-state index contributed by atoms with van der Waals surface area (Å²) in [6, 6.07) is 11.4. The van der Waals surface area contributed by atoms with E-state index in [0.717, 1.165) is 20.4 Å². The van der Waals surface area contributed by atoms with E-state index in [1.807, 2.05) is 43.3 Å². The van der Waals surface area contributed by atoms with E-state index in [1.165, 1.54) is 0 Å². The van der Waals surface area contributed by atoms with Crippen molar-refractivity contribution in [2.24, 2.45) is 0 Å². The van der Waals surface area contributed by atoms with Crippen LogP contribution in [0.5, 0.6) is 11.6 Å². The maximum Gasteiger partial charge on any atom is 0.219 e. The largest absolute Gasteiger partial charge is 0.438 e. The molecule has 2 rings (SSSR count). The quantitative estimate of drug-likeness (QED) is 0.788. The number of aryl methyl sites for hydroxylation is 1. The molecule has 0 amide bonds. The molecule has 0 aliphatic heterocycles. The number of nitrogens with zero attached hydrogens (tertiary/aromatic N) is 1. The number of hydrogen-bond acceptors (Lipinski definition) is 2. The van der Waals surface area contributed by atoms with Crippen LogP contribution in [0.2, 0.25) is 0 Å². The van der Waals surface area contributed by atoms with E-state index in [9.17, 15) is 0 Å². The maximum absolute atomic E-state index is 5.67. The van der Waals surface area contributed by atoms with Crippen LogP contribution in [0.1, 0.15) is 5.69 Å². The molecule has 0 radical (unpaired) electrons. The van der Waals surface area contributed by atoms with Crippen LogP contribution >= 0.6 is 31.9 Å². The second-order valence-electron chi connectivity index (χ2n) is 3.25. The summed E-state index contributed by atoms with van der Waals surface area (Å²) in [6.07, 6.45) is 0. The van der Waals surface area contributed by atoms with Crippen molar-refractivity contribution in [3.05, 3.63) is 51.0 Å². The summed E-state index contributed by atoms with van der Waals surface area (Å²) in [5.41, 5.74) is 0.907. The summed E-state index contributed by atoms with van der Waals surface area (Å²) in [4.78, 5) is 4.32. The summed E-state index contributed by atoms with van der Waals surface area (Å²) >= 11 is 6.83. The van der Waals surface area contributed by atoms with Crippen LogP contribution in [0, 0.1) is 6.92 Å². The monoisotopic (exact) mass is 341 g/mol. The molecule has 0 aliphatic rings. The fraction of sp³-hybridized carbons (Fsp3) is 0.0833. The normalized spacial score (nSPS) is 10.2. The topological polar surface area (TPSA) is 22.1 Å². The Morgan fingerprint density at radius 3 is 2.44 bits per heavy atom. The maximum atomic E-state index is 5.67. The van der Waals surface area contributed by atoms with Crippen LogP contribution in [0.15, 0.2) is 45.3 Å². The van der Waals surface area contributed by atoms with E-state index in [2.05, 4.69) is 36.8 Å². The predicted octanol–water partition coefficient (Wildman–Crippen LogP) is 4.71. The molecule has 82 valence electrons. The van der Waals surface area contributed by atoms with Crippen molar-refractivity contribution >= 4 is 31.9 Å². The first kappa shape index (κ1) is 11.6. The van der Waals surface area contributed by atoms with Crippen LogP contribution in [-0.4, -0.2) is 4.98 Å². The average molecular weight is 343 g/mol. The van der Waals surface area contributed by atoms with E-state index >= 15 is 0 Å². The molecule has 0 aliphatic carbocycles. The van der Waals surface area contributed by atoms with Crippen molar-refractivity contribution < 1.29 is 4.74 Å². The first-order chi connectivity index (χ1) is 7.66. The van der Waals surface area contributed by atoms with Gasteiger partial charge in [0.25, 0.3) is 0 Å². The van der Waals surface area contributed by atoms with Gasteiger partial charge in [-0.3, -0.25) is 0 Å². The zero-order valence-corrected chi connectivity index (χ0v) is 11.7. The number of pyridine rings is 1. The van der Waals surface area contributed by atoms with Crippen LogP contribution in [0.25, 0.3) is 0 Å². The molecular weight excluding hydrogens is 334 g/mol. The van der Waals surface area contributed by atoms with Gasteiger partial charge in [-0.05, 0) is 57.0 Å². The van der Waals surface area contributed by atoms with Crippen LogP contribution in [0.3, 0.4) is 0 Å². The second kappa shape index (κ2) is 4.97. The molecule has 0 saturated carbocycles. The van der Waals surface area contributed by atoms with E-state index in [-0.39, 0.29) is 0 Å². The van der Waals surface area contributed by atoms with Crippen molar-refractivity contribution in [3.63, 3.8) is 0 Å². The lowest BCUT2D eigenvalue weighted by atomic mass is 10.3. The standard InChI is InChI=1S/C12H9Br2NO/c1-8-9(13)6-7-12(15-8)16-11-5-3-2-4-10(11)14/h2-7H,1H3. The number of hydrogen-bond donors (Lipinski definition) is 0. The molecule has 2 nitrogen and oxygen atoms in total. The Bertz CT molecular complexity index is 514. The van der Waals surface area contributed by atoms with Gasteiger partial charge in [0, 0.05) is 10.5 Å². The molecular formula is C12H9Br2NO. The minimum atomic E-state index is 0.590. The number of para-hydroxylation sites is 1. The lowest BCUT2D eigenvalue weighted by molar-refractivity contribution is 0.458. The van der Waals surface area contributed by atoms with Crippen molar-refractivity contribution in [2.45, 2.75) is 6.92 Å². The Labute approximate surface area is 111 Å². The highest BCUT2D eigenvalue weighted by molar-refractivity contribution is 9.10. The van der Waals surface area contributed by atoms with Gasteiger partial charge >= 0.3 is 0 Å². The molecule has 2 aromatic rings. The van der Waals surface area contributed by atoms with Gasteiger partial charge < -0.3 is 4.74 Å². The third kappa shape index (κ3) is 2.62.